The van der Waals surface area contributed by atoms with Crippen LogP contribution >= 0.6 is 0 Å². The molecule has 0 aliphatic heterocycles. The van der Waals surface area contributed by atoms with Gasteiger partial charge < -0.3 is 20.4 Å². The number of aliphatic hydroxyl groups excluding tert-OH is 4. The third-order valence-corrected chi connectivity index (χ3v) is 1.36. The first-order chi connectivity index (χ1) is 5.62. The van der Waals surface area contributed by atoms with Crippen LogP contribution in [0.1, 0.15) is 26.7 Å². The van der Waals surface area contributed by atoms with E-state index in [4.69, 9.17) is 20.4 Å². The molecule has 4 N–H and O–H groups in total. The SMILES string of the molecule is CCC(O)CO.CCC(O)CO.[Y]. The van der Waals surface area contributed by atoms with Crippen molar-refractivity contribution in [1.82, 2.24) is 0 Å². The predicted octanol–water partition coefficient (Wildman–Crippen LogP) is -0.503. The fourth-order valence-electron chi connectivity index (χ4n) is 0.258. The number of aliphatic hydroxyl groups is 4. The van der Waals surface area contributed by atoms with E-state index in [9.17, 15) is 0 Å². The second-order valence-corrected chi connectivity index (χ2v) is 2.49. The summed E-state index contributed by atoms with van der Waals surface area (Å²) in [5.41, 5.74) is 0. The van der Waals surface area contributed by atoms with Crippen LogP contribution in [0.25, 0.3) is 0 Å². The summed E-state index contributed by atoms with van der Waals surface area (Å²) in [6.45, 7) is 3.41. The van der Waals surface area contributed by atoms with E-state index in [0.717, 1.165) is 0 Å². The standard InChI is InChI=1S/2C4H10O2.Y/c2*1-2-4(6)3-5;/h2*4-6H,2-3H2,1H3;. The van der Waals surface area contributed by atoms with Gasteiger partial charge in [-0.2, -0.15) is 0 Å². The Bertz CT molecular complexity index is 64.5. The molecule has 1 radical (unpaired) electrons. The molecule has 0 heterocycles. The molecule has 0 aliphatic rings. The van der Waals surface area contributed by atoms with E-state index in [0.29, 0.717) is 12.8 Å². The van der Waals surface area contributed by atoms with Crippen LogP contribution in [-0.2, 0) is 32.7 Å². The van der Waals surface area contributed by atoms with E-state index in [-0.39, 0.29) is 45.9 Å². The van der Waals surface area contributed by atoms with Crippen molar-refractivity contribution in [1.29, 1.82) is 0 Å². The Labute approximate surface area is 105 Å². The van der Waals surface area contributed by atoms with E-state index in [1.807, 2.05) is 13.8 Å². The summed E-state index contributed by atoms with van der Waals surface area (Å²) in [6, 6.07) is 0. The molecule has 0 amide bonds. The van der Waals surface area contributed by atoms with Gasteiger partial charge in [0.15, 0.2) is 0 Å². The van der Waals surface area contributed by atoms with Gasteiger partial charge in [0, 0.05) is 32.7 Å². The summed E-state index contributed by atoms with van der Waals surface area (Å²) in [7, 11) is 0. The van der Waals surface area contributed by atoms with Crippen molar-refractivity contribution in [2.75, 3.05) is 13.2 Å². The molecule has 5 heteroatoms. The average Bonchev–Trinajstić information content (AvgIpc) is 2.16. The summed E-state index contributed by atoms with van der Waals surface area (Å²) in [6.07, 6.45) is 0.252. The molecule has 0 rings (SSSR count). The Balaban J connectivity index is -0.000000143. The third kappa shape index (κ3) is 19.4. The van der Waals surface area contributed by atoms with Crippen molar-refractivity contribution in [3.63, 3.8) is 0 Å². The summed E-state index contributed by atoms with van der Waals surface area (Å²) >= 11 is 0. The van der Waals surface area contributed by atoms with Crippen molar-refractivity contribution >= 4 is 0 Å². The number of rotatable bonds is 4. The quantitative estimate of drug-likeness (QED) is 0.554. The van der Waals surface area contributed by atoms with Crippen LogP contribution in [0, 0.1) is 0 Å². The molecule has 0 aromatic rings. The summed E-state index contributed by atoms with van der Waals surface area (Å²) < 4.78 is 0. The molecular formula is C8H20O4Y. The zero-order valence-corrected chi connectivity index (χ0v) is 11.2. The smallest absolute Gasteiger partial charge is 0.0768 e. The molecule has 13 heavy (non-hydrogen) atoms. The van der Waals surface area contributed by atoms with Crippen LogP contribution in [-0.4, -0.2) is 45.8 Å². The van der Waals surface area contributed by atoms with Crippen molar-refractivity contribution in [2.45, 2.75) is 38.9 Å². The van der Waals surface area contributed by atoms with Crippen LogP contribution in [0.5, 0.6) is 0 Å². The van der Waals surface area contributed by atoms with Gasteiger partial charge in [-0.05, 0) is 12.8 Å². The maximum atomic E-state index is 8.42. The topological polar surface area (TPSA) is 80.9 Å². The summed E-state index contributed by atoms with van der Waals surface area (Å²) in [4.78, 5) is 0. The first kappa shape index (κ1) is 19.5. The van der Waals surface area contributed by atoms with Crippen molar-refractivity contribution in [3.8, 4) is 0 Å². The minimum absolute atomic E-state index is 0. The monoisotopic (exact) mass is 269 g/mol. The van der Waals surface area contributed by atoms with Gasteiger partial charge in [-0.15, -0.1) is 0 Å². The van der Waals surface area contributed by atoms with E-state index < -0.39 is 12.2 Å². The molecule has 4 nitrogen and oxygen atoms in total. The zero-order valence-electron chi connectivity index (χ0n) is 8.35. The largest absolute Gasteiger partial charge is 0.394 e. The molecule has 0 aromatic carbocycles. The van der Waals surface area contributed by atoms with E-state index >= 15 is 0 Å². The number of hydrogen-bond acceptors (Lipinski definition) is 4. The zero-order chi connectivity index (χ0) is 9.98. The second-order valence-electron chi connectivity index (χ2n) is 2.49. The number of hydrogen-bond donors (Lipinski definition) is 4. The first-order valence-corrected chi connectivity index (χ1v) is 4.20. The Morgan fingerprint density at radius 2 is 1.08 bits per heavy atom. The van der Waals surface area contributed by atoms with Crippen LogP contribution in [0.15, 0.2) is 0 Å². The Kier molecular flexibility index (Phi) is 23.1. The van der Waals surface area contributed by atoms with Gasteiger partial charge in [0.1, 0.15) is 0 Å². The van der Waals surface area contributed by atoms with Gasteiger partial charge >= 0.3 is 0 Å². The van der Waals surface area contributed by atoms with Gasteiger partial charge in [-0.3, -0.25) is 0 Å². The molecule has 0 saturated heterocycles. The van der Waals surface area contributed by atoms with Crippen LogP contribution in [0.3, 0.4) is 0 Å². The molecular weight excluding hydrogens is 249 g/mol. The third-order valence-electron chi connectivity index (χ3n) is 1.36. The molecule has 0 saturated carbocycles. The van der Waals surface area contributed by atoms with Crippen LogP contribution in [0.4, 0.5) is 0 Å². The molecule has 0 fully saturated rings. The Morgan fingerprint density at radius 1 is 0.846 bits per heavy atom. The molecule has 0 spiro atoms. The van der Waals surface area contributed by atoms with Crippen LogP contribution < -0.4 is 0 Å². The van der Waals surface area contributed by atoms with Gasteiger partial charge in [-0.1, -0.05) is 13.8 Å². The maximum absolute atomic E-state index is 8.42. The Hall–Kier alpha value is 0.944. The van der Waals surface area contributed by atoms with Gasteiger partial charge in [-0.25, -0.2) is 0 Å². The van der Waals surface area contributed by atoms with Gasteiger partial charge in [0.25, 0.3) is 0 Å². The molecule has 79 valence electrons. The van der Waals surface area contributed by atoms with E-state index in [1.165, 1.54) is 0 Å². The molecule has 0 aromatic heterocycles. The molecule has 0 aliphatic carbocycles. The van der Waals surface area contributed by atoms with Crippen LogP contribution in [0.2, 0.25) is 0 Å². The van der Waals surface area contributed by atoms with Crippen molar-refractivity contribution < 1.29 is 53.1 Å². The summed E-state index contributed by atoms with van der Waals surface area (Å²) in [5, 5.41) is 33.0. The maximum Gasteiger partial charge on any atom is 0.0768 e. The second kappa shape index (κ2) is 15.4. The van der Waals surface area contributed by atoms with Gasteiger partial charge in [0.2, 0.25) is 0 Å². The molecule has 2 atom stereocenters. The Morgan fingerprint density at radius 3 is 1.08 bits per heavy atom. The van der Waals surface area contributed by atoms with Gasteiger partial charge in [0.05, 0.1) is 25.4 Å². The molecule has 2 unspecified atom stereocenters. The van der Waals surface area contributed by atoms with Crippen molar-refractivity contribution in [3.05, 3.63) is 0 Å². The first-order valence-electron chi connectivity index (χ1n) is 4.20. The van der Waals surface area contributed by atoms with E-state index in [1.54, 1.807) is 0 Å². The van der Waals surface area contributed by atoms with Crippen molar-refractivity contribution in [2.24, 2.45) is 0 Å². The minimum Gasteiger partial charge on any atom is -0.394 e. The fourth-order valence-corrected chi connectivity index (χ4v) is 0.258. The van der Waals surface area contributed by atoms with E-state index in [2.05, 4.69) is 0 Å². The summed E-state index contributed by atoms with van der Waals surface area (Å²) in [5.74, 6) is 0. The average molecular weight is 269 g/mol. The molecule has 0 bridgehead atoms. The minimum atomic E-state index is -0.509. The fraction of sp³-hybridized carbons (Fsp3) is 1.00. The normalized spacial score (nSPS) is 13.4. The predicted molar refractivity (Wildman–Crippen MR) is 46.8 cm³/mol.